The SMILES string of the molecule is CCNC(=NCc1ccc(N2CCC(O)CC2)c(F)c1)NCC1(CCO)CCOC1. The number of aliphatic hydroxyl groups excluding tert-OH is 2. The van der Waals surface area contributed by atoms with Crippen LogP contribution in [-0.2, 0) is 11.3 Å². The quantitative estimate of drug-likeness (QED) is 0.376. The molecule has 0 aliphatic carbocycles. The third-order valence-electron chi connectivity index (χ3n) is 6.04. The Kier molecular flexibility index (Phi) is 8.30. The van der Waals surface area contributed by atoms with E-state index in [2.05, 4.69) is 15.6 Å². The maximum absolute atomic E-state index is 14.7. The molecule has 1 aromatic carbocycles. The number of hydrogen-bond donors (Lipinski definition) is 4. The molecule has 168 valence electrons. The molecule has 1 aromatic rings. The molecule has 2 fully saturated rings. The van der Waals surface area contributed by atoms with Gasteiger partial charge in [-0.25, -0.2) is 9.38 Å². The summed E-state index contributed by atoms with van der Waals surface area (Å²) < 4.78 is 20.2. The fourth-order valence-corrected chi connectivity index (χ4v) is 4.11. The van der Waals surface area contributed by atoms with Crippen molar-refractivity contribution in [2.24, 2.45) is 10.4 Å². The number of rotatable bonds is 8. The van der Waals surface area contributed by atoms with Gasteiger partial charge in [-0.2, -0.15) is 0 Å². The summed E-state index contributed by atoms with van der Waals surface area (Å²) in [5.74, 6) is 0.429. The average Bonchev–Trinajstić information content (AvgIpc) is 3.20. The first kappa shape index (κ1) is 22.8. The molecule has 0 amide bonds. The second kappa shape index (κ2) is 10.9. The number of ether oxygens (including phenoxy) is 1. The van der Waals surface area contributed by atoms with Gasteiger partial charge in [-0.3, -0.25) is 0 Å². The predicted octanol–water partition coefficient (Wildman–Crippen LogP) is 1.63. The molecule has 3 rings (SSSR count). The van der Waals surface area contributed by atoms with E-state index in [-0.39, 0.29) is 23.9 Å². The van der Waals surface area contributed by atoms with Gasteiger partial charge in [0.2, 0.25) is 0 Å². The highest BCUT2D eigenvalue weighted by molar-refractivity contribution is 5.79. The van der Waals surface area contributed by atoms with Crippen molar-refractivity contribution >= 4 is 11.6 Å². The lowest BCUT2D eigenvalue weighted by atomic mass is 9.84. The largest absolute Gasteiger partial charge is 0.396 e. The Morgan fingerprint density at radius 3 is 2.77 bits per heavy atom. The van der Waals surface area contributed by atoms with Gasteiger partial charge in [0.15, 0.2) is 5.96 Å². The van der Waals surface area contributed by atoms with Crippen molar-refractivity contribution in [3.05, 3.63) is 29.6 Å². The minimum absolute atomic E-state index is 0.0687. The molecule has 8 heteroatoms. The number of aliphatic imine (C=N–C) groups is 1. The van der Waals surface area contributed by atoms with E-state index in [0.29, 0.717) is 63.7 Å². The van der Waals surface area contributed by atoms with Gasteiger partial charge in [-0.1, -0.05) is 6.07 Å². The second-order valence-electron chi connectivity index (χ2n) is 8.33. The first-order valence-electron chi connectivity index (χ1n) is 11.0. The highest BCUT2D eigenvalue weighted by Crippen LogP contribution is 2.31. The van der Waals surface area contributed by atoms with Gasteiger partial charge in [0.1, 0.15) is 5.82 Å². The molecule has 2 aliphatic rings. The molecule has 0 bridgehead atoms. The van der Waals surface area contributed by atoms with Gasteiger partial charge in [0.25, 0.3) is 0 Å². The lowest BCUT2D eigenvalue weighted by Crippen LogP contribution is -2.44. The van der Waals surface area contributed by atoms with Crippen LogP contribution in [0.4, 0.5) is 10.1 Å². The zero-order valence-electron chi connectivity index (χ0n) is 17.9. The maximum atomic E-state index is 14.7. The van der Waals surface area contributed by atoms with E-state index in [1.807, 2.05) is 24.0 Å². The average molecular weight is 423 g/mol. The molecular weight excluding hydrogens is 387 g/mol. The van der Waals surface area contributed by atoms with E-state index in [1.54, 1.807) is 6.07 Å². The Labute approximate surface area is 178 Å². The van der Waals surface area contributed by atoms with Crippen molar-refractivity contribution in [3.8, 4) is 0 Å². The summed E-state index contributed by atoms with van der Waals surface area (Å²) >= 11 is 0. The number of nitrogens with zero attached hydrogens (tertiary/aromatic N) is 2. The number of piperidine rings is 1. The van der Waals surface area contributed by atoms with Crippen LogP contribution in [-0.4, -0.2) is 68.3 Å². The Balaban J connectivity index is 1.60. The molecule has 7 nitrogen and oxygen atoms in total. The first-order chi connectivity index (χ1) is 14.5. The molecule has 2 saturated heterocycles. The summed E-state index contributed by atoms with van der Waals surface area (Å²) in [7, 11) is 0. The van der Waals surface area contributed by atoms with Gasteiger partial charge >= 0.3 is 0 Å². The third-order valence-corrected chi connectivity index (χ3v) is 6.04. The van der Waals surface area contributed by atoms with Crippen LogP contribution in [0.15, 0.2) is 23.2 Å². The van der Waals surface area contributed by atoms with Crippen LogP contribution in [0, 0.1) is 11.2 Å². The van der Waals surface area contributed by atoms with Gasteiger partial charge in [0, 0.05) is 44.8 Å². The molecule has 0 saturated carbocycles. The molecule has 0 spiro atoms. The molecule has 4 N–H and O–H groups in total. The van der Waals surface area contributed by atoms with E-state index in [0.717, 1.165) is 25.1 Å². The Morgan fingerprint density at radius 1 is 1.33 bits per heavy atom. The number of anilines is 1. The molecule has 2 aliphatic heterocycles. The third kappa shape index (κ3) is 6.06. The van der Waals surface area contributed by atoms with Crippen molar-refractivity contribution in [1.82, 2.24) is 10.6 Å². The highest BCUT2D eigenvalue weighted by atomic mass is 19.1. The molecule has 0 aromatic heterocycles. The Morgan fingerprint density at radius 2 is 2.13 bits per heavy atom. The summed E-state index contributed by atoms with van der Waals surface area (Å²) in [6.45, 7) is 6.61. The lowest BCUT2D eigenvalue weighted by molar-refractivity contribution is 0.127. The van der Waals surface area contributed by atoms with E-state index in [1.165, 1.54) is 0 Å². The number of halogens is 1. The zero-order valence-corrected chi connectivity index (χ0v) is 17.9. The van der Waals surface area contributed by atoms with E-state index < -0.39 is 0 Å². The molecule has 0 radical (unpaired) electrons. The summed E-state index contributed by atoms with van der Waals surface area (Å²) in [4.78, 5) is 6.60. The van der Waals surface area contributed by atoms with Gasteiger partial charge in [0.05, 0.1) is 24.9 Å². The van der Waals surface area contributed by atoms with Crippen LogP contribution in [0.3, 0.4) is 0 Å². The van der Waals surface area contributed by atoms with Crippen LogP contribution in [0.25, 0.3) is 0 Å². The van der Waals surface area contributed by atoms with Crippen molar-refractivity contribution in [1.29, 1.82) is 0 Å². The normalized spacial score (nSPS) is 23.1. The minimum Gasteiger partial charge on any atom is -0.396 e. The zero-order chi connectivity index (χ0) is 21.4. The van der Waals surface area contributed by atoms with Crippen LogP contribution in [0.5, 0.6) is 0 Å². The Bertz CT molecular complexity index is 702. The standard InChI is InChI=1S/C22H35FN4O3/c1-2-24-21(26-15-22(7-11-28)8-12-30-16-22)25-14-17-3-4-20(19(23)13-17)27-9-5-18(29)6-10-27/h3-4,13,18,28-29H,2,5-12,14-16H2,1H3,(H2,24,25,26). The van der Waals surface area contributed by atoms with Crippen molar-refractivity contribution in [2.75, 3.05) is 50.9 Å². The van der Waals surface area contributed by atoms with Crippen LogP contribution in [0.1, 0.15) is 38.2 Å². The summed E-state index contributed by atoms with van der Waals surface area (Å²) in [5.41, 5.74) is 1.33. The highest BCUT2D eigenvalue weighted by Gasteiger charge is 2.34. The number of aliphatic hydroxyl groups is 2. The fourth-order valence-electron chi connectivity index (χ4n) is 4.11. The number of nitrogens with one attached hydrogen (secondary N) is 2. The summed E-state index contributed by atoms with van der Waals surface area (Å²) in [6, 6.07) is 5.27. The summed E-state index contributed by atoms with van der Waals surface area (Å²) in [6.07, 6.45) is 2.68. The molecule has 1 unspecified atom stereocenters. The maximum Gasteiger partial charge on any atom is 0.191 e. The van der Waals surface area contributed by atoms with E-state index >= 15 is 0 Å². The van der Waals surface area contributed by atoms with Gasteiger partial charge in [-0.15, -0.1) is 0 Å². The van der Waals surface area contributed by atoms with Crippen LogP contribution < -0.4 is 15.5 Å². The minimum atomic E-state index is -0.276. The van der Waals surface area contributed by atoms with Crippen LogP contribution >= 0.6 is 0 Å². The molecule has 30 heavy (non-hydrogen) atoms. The van der Waals surface area contributed by atoms with Crippen LogP contribution in [0.2, 0.25) is 0 Å². The predicted molar refractivity (Wildman–Crippen MR) is 116 cm³/mol. The van der Waals surface area contributed by atoms with E-state index in [4.69, 9.17) is 4.74 Å². The lowest BCUT2D eigenvalue weighted by Gasteiger charge is -2.31. The number of hydrogen-bond acceptors (Lipinski definition) is 5. The van der Waals surface area contributed by atoms with Crippen molar-refractivity contribution in [2.45, 2.75) is 45.3 Å². The van der Waals surface area contributed by atoms with Crippen molar-refractivity contribution in [3.63, 3.8) is 0 Å². The van der Waals surface area contributed by atoms with Gasteiger partial charge < -0.3 is 30.5 Å². The second-order valence-corrected chi connectivity index (χ2v) is 8.33. The van der Waals surface area contributed by atoms with Gasteiger partial charge in [-0.05, 0) is 50.3 Å². The molecule has 1 atom stereocenters. The fraction of sp³-hybridized carbons (Fsp3) is 0.682. The molecule has 2 heterocycles. The smallest absolute Gasteiger partial charge is 0.191 e. The topological polar surface area (TPSA) is 89.4 Å². The van der Waals surface area contributed by atoms with E-state index in [9.17, 15) is 14.6 Å². The van der Waals surface area contributed by atoms with Crippen molar-refractivity contribution < 1.29 is 19.3 Å². The monoisotopic (exact) mass is 422 g/mol. The molecular formula is C22H35FN4O3. The summed E-state index contributed by atoms with van der Waals surface area (Å²) in [5, 5.41) is 25.6. The number of guanidine groups is 1. The Hall–Kier alpha value is -1.90. The first-order valence-corrected chi connectivity index (χ1v) is 11.0. The number of benzene rings is 1.